The van der Waals surface area contributed by atoms with Crippen LogP contribution in [0.1, 0.15) is 36.9 Å². The summed E-state index contributed by atoms with van der Waals surface area (Å²) in [5.74, 6) is 0.459. The van der Waals surface area contributed by atoms with Crippen molar-refractivity contribution in [1.29, 1.82) is 0 Å². The van der Waals surface area contributed by atoms with Crippen LogP contribution in [0.3, 0.4) is 0 Å². The van der Waals surface area contributed by atoms with E-state index in [0.29, 0.717) is 19.0 Å². The molecule has 0 N–H and O–H groups in total. The Morgan fingerprint density at radius 1 is 1.17 bits per heavy atom. The topological polar surface area (TPSA) is 113 Å². The number of fused-ring (bicyclic) bond motifs is 1. The fraction of sp³-hybridized carbons (Fsp3) is 0.556. The van der Waals surface area contributed by atoms with Crippen molar-refractivity contribution >= 4 is 17.1 Å². The zero-order chi connectivity index (χ0) is 20.3. The molecule has 3 aromatic rings. The van der Waals surface area contributed by atoms with Gasteiger partial charge in [-0.3, -0.25) is 18.7 Å². The van der Waals surface area contributed by atoms with Gasteiger partial charge in [-0.2, -0.15) is 0 Å². The number of likely N-dealkylation sites (tertiary alicyclic amines) is 1. The van der Waals surface area contributed by atoms with E-state index in [2.05, 4.69) is 15.3 Å². The SMILES string of the molecule is Cn1c(=O)c2c(ncn2CC(=O)N2CCC(n3cc(C4CC4)nn3)C2)n(C)c1=O. The minimum Gasteiger partial charge on any atom is -0.339 e. The lowest BCUT2D eigenvalue weighted by Gasteiger charge is -2.17. The van der Waals surface area contributed by atoms with Crippen molar-refractivity contribution in [2.75, 3.05) is 13.1 Å². The molecular formula is C18H22N8O3. The molecule has 1 aliphatic heterocycles. The van der Waals surface area contributed by atoms with Crippen molar-refractivity contribution in [3.05, 3.63) is 39.1 Å². The molecule has 1 amide bonds. The molecule has 11 heteroatoms. The van der Waals surface area contributed by atoms with Crippen LogP contribution in [0, 0.1) is 0 Å². The second-order valence-corrected chi connectivity index (χ2v) is 7.93. The van der Waals surface area contributed by atoms with E-state index >= 15 is 0 Å². The average molecular weight is 398 g/mol. The average Bonchev–Trinajstić information content (AvgIpc) is 3.13. The molecule has 0 bridgehead atoms. The Balaban J connectivity index is 1.34. The van der Waals surface area contributed by atoms with Crippen LogP contribution in [0.5, 0.6) is 0 Å². The zero-order valence-corrected chi connectivity index (χ0v) is 16.4. The zero-order valence-electron chi connectivity index (χ0n) is 16.4. The van der Waals surface area contributed by atoms with E-state index in [1.807, 2.05) is 10.9 Å². The second-order valence-electron chi connectivity index (χ2n) is 7.93. The number of hydrogen-bond donors (Lipinski definition) is 0. The smallest absolute Gasteiger partial charge is 0.332 e. The van der Waals surface area contributed by atoms with Gasteiger partial charge in [-0.1, -0.05) is 5.21 Å². The molecule has 0 radical (unpaired) electrons. The van der Waals surface area contributed by atoms with Gasteiger partial charge in [0.05, 0.1) is 18.1 Å². The Bertz CT molecular complexity index is 1230. The summed E-state index contributed by atoms with van der Waals surface area (Å²) in [5.41, 5.74) is 0.674. The predicted octanol–water partition coefficient (Wildman–Crippen LogP) is -0.624. The van der Waals surface area contributed by atoms with Crippen LogP contribution in [0.4, 0.5) is 0 Å². The van der Waals surface area contributed by atoms with Crippen LogP contribution in [-0.2, 0) is 25.4 Å². The lowest BCUT2D eigenvalue weighted by molar-refractivity contribution is -0.130. The fourth-order valence-corrected chi connectivity index (χ4v) is 3.98. The van der Waals surface area contributed by atoms with Crippen molar-refractivity contribution in [1.82, 2.24) is 38.6 Å². The Kier molecular flexibility index (Phi) is 3.93. The maximum atomic E-state index is 12.9. The number of carbonyl (C=O) groups is 1. The van der Waals surface area contributed by atoms with Crippen molar-refractivity contribution in [2.24, 2.45) is 14.1 Å². The van der Waals surface area contributed by atoms with Gasteiger partial charge in [0.15, 0.2) is 11.2 Å². The van der Waals surface area contributed by atoms with E-state index in [4.69, 9.17) is 0 Å². The minimum atomic E-state index is -0.456. The van der Waals surface area contributed by atoms with Crippen molar-refractivity contribution in [3.8, 4) is 0 Å². The molecule has 1 atom stereocenters. The van der Waals surface area contributed by atoms with Gasteiger partial charge < -0.3 is 9.47 Å². The molecule has 2 fully saturated rings. The monoisotopic (exact) mass is 398 g/mol. The third kappa shape index (κ3) is 2.88. The van der Waals surface area contributed by atoms with E-state index in [9.17, 15) is 14.4 Å². The summed E-state index contributed by atoms with van der Waals surface area (Å²) >= 11 is 0. The lowest BCUT2D eigenvalue weighted by Crippen LogP contribution is -2.38. The molecule has 152 valence electrons. The first-order valence-corrected chi connectivity index (χ1v) is 9.74. The van der Waals surface area contributed by atoms with Crippen molar-refractivity contribution < 1.29 is 4.79 Å². The standard InChI is InChI=1S/C18H22N8O3/c1-22-16-15(17(28)23(2)18(22)29)25(10-19-16)9-14(27)24-6-5-12(7-24)26-8-13(20-21-26)11-3-4-11/h8,10-12H,3-7,9H2,1-2H3. The number of nitrogens with zero attached hydrogens (tertiary/aromatic N) is 8. The molecule has 2 aliphatic rings. The number of imidazole rings is 1. The summed E-state index contributed by atoms with van der Waals surface area (Å²) in [4.78, 5) is 43.4. The Morgan fingerprint density at radius 3 is 2.72 bits per heavy atom. The summed E-state index contributed by atoms with van der Waals surface area (Å²) in [7, 11) is 2.98. The van der Waals surface area contributed by atoms with Crippen LogP contribution in [-0.4, -0.2) is 57.6 Å². The van der Waals surface area contributed by atoms with Gasteiger partial charge in [0.1, 0.15) is 6.54 Å². The molecule has 5 rings (SSSR count). The summed E-state index contributed by atoms with van der Waals surface area (Å²) in [5, 5.41) is 8.50. The molecule has 3 aromatic heterocycles. The number of aromatic nitrogens is 7. The van der Waals surface area contributed by atoms with Gasteiger partial charge in [-0.05, 0) is 19.3 Å². The highest BCUT2D eigenvalue weighted by atomic mass is 16.2. The highest BCUT2D eigenvalue weighted by Crippen LogP contribution is 2.39. The molecule has 1 aliphatic carbocycles. The molecule has 0 aromatic carbocycles. The van der Waals surface area contributed by atoms with Gasteiger partial charge >= 0.3 is 5.69 Å². The van der Waals surface area contributed by atoms with Crippen molar-refractivity contribution in [2.45, 2.75) is 37.8 Å². The molecule has 1 saturated carbocycles. The molecule has 1 unspecified atom stereocenters. The third-order valence-corrected chi connectivity index (χ3v) is 5.94. The van der Waals surface area contributed by atoms with E-state index in [1.54, 1.807) is 11.9 Å². The fourth-order valence-electron chi connectivity index (χ4n) is 3.98. The van der Waals surface area contributed by atoms with E-state index in [-0.39, 0.29) is 29.7 Å². The van der Waals surface area contributed by atoms with E-state index in [1.165, 1.54) is 35.4 Å². The Morgan fingerprint density at radius 2 is 1.97 bits per heavy atom. The maximum absolute atomic E-state index is 12.9. The van der Waals surface area contributed by atoms with E-state index < -0.39 is 11.2 Å². The van der Waals surface area contributed by atoms with Gasteiger partial charge in [0, 0.05) is 39.3 Å². The van der Waals surface area contributed by atoms with Gasteiger partial charge in [-0.25, -0.2) is 14.5 Å². The number of carbonyl (C=O) groups excluding carboxylic acids is 1. The first-order chi connectivity index (χ1) is 13.9. The number of hydrogen-bond acceptors (Lipinski definition) is 6. The number of aryl methyl sites for hydroxylation is 1. The molecule has 11 nitrogen and oxygen atoms in total. The molecule has 1 saturated heterocycles. The van der Waals surface area contributed by atoms with E-state index in [0.717, 1.165) is 16.7 Å². The summed E-state index contributed by atoms with van der Waals surface area (Å²) in [6.07, 6.45) is 6.62. The predicted molar refractivity (Wildman–Crippen MR) is 102 cm³/mol. The van der Waals surface area contributed by atoms with Crippen LogP contribution in [0.2, 0.25) is 0 Å². The highest BCUT2D eigenvalue weighted by Gasteiger charge is 2.31. The number of rotatable bonds is 4. The Hall–Kier alpha value is -3.24. The minimum absolute atomic E-state index is 0.00133. The van der Waals surface area contributed by atoms with Gasteiger partial charge in [-0.15, -0.1) is 5.10 Å². The lowest BCUT2D eigenvalue weighted by atomic mass is 10.2. The number of amides is 1. The van der Waals surface area contributed by atoms with Gasteiger partial charge in [0.25, 0.3) is 5.56 Å². The maximum Gasteiger partial charge on any atom is 0.332 e. The second kappa shape index (κ2) is 6.39. The van der Waals surface area contributed by atoms with Crippen molar-refractivity contribution in [3.63, 3.8) is 0 Å². The first-order valence-electron chi connectivity index (χ1n) is 9.74. The highest BCUT2D eigenvalue weighted by molar-refractivity contribution is 5.79. The molecule has 4 heterocycles. The van der Waals surface area contributed by atoms with Crippen LogP contribution in [0.25, 0.3) is 11.2 Å². The molecule has 0 spiro atoms. The van der Waals surface area contributed by atoms with Gasteiger partial charge in [0.2, 0.25) is 5.91 Å². The summed E-state index contributed by atoms with van der Waals surface area (Å²) < 4.78 is 5.73. The first kappa shape index (κ1) is 17.8. The quantitative estimate of drug-likeness (QED) is 0.579. The normalized spacial score (nSPS) is 19.4. The van der Waals surface area contributed by atoms with Crippen LogP contribution < -0.4 is 11.2 Å². The summed E-state index contributed by atoms with van der Waals surface area (Å²) in [6, 6.07) is 0.118. The molecule has 29 heavy (non-hydrogen) atoms. The third-order valence-electron chi connectivity index (χ3n) is 5.94. The summed E-state index contributed by atoms with van der Waals surface area (Å²) in [6.45, 7) is 1.20. The Labute approximate surface area is 165 Å². The van der Waals surface area contributed by atoms with Crippen LogP contribution in [0.15, 0.2) is 22.1 Å². The van der Waals surface area contributed by atoms with Crippen LogP contribution >= 0.6 is 0 Å². The largest absolute Gasteiger partial charge is 0.339 e. The molecular weight excluding hydrogens is 376 g/mol.